The molecular weight excluding hydrogens is 961 g/mol. The first-order valence-corrected chi connectivity index (χ1v) is 33.6. The first-order chi connectivity index (χ1) is 38.5. The fraction of sp³-hybridized carbons (Fsp3) is 0.764. The quantitative estimate of drug-likeness (QED) is 0.0261. The molecule has 450 valence electrons. The molecule has 0 radical (unpaired) electrons. The van der Waals surface area contributed by atoms with Gasteiger partial charge in [0.2, 0.25) is 0 Å². The van der Waals surface area contributed by atoms with Crippen LogP contribution in [0.15, 0.2) is 85.1 Å². The highest BCUT2D eigenvalue weighted by Gasteiger charge is 2.19. The summed E-state index contributed by atoms with van der Waals surface area (Å²) in [6.07, 6.45) is 87.4. The van der Waals surface area contributed by atoms with E-state index in [0.29, 0.717) is 19.3 Å². The second-order valence-electron chi connectivity index (χ2n) is 22.4. The summed E-state index contributed by atoms with van der Waals surface area (Å²) >= 11 is 0. The average molecular weight is 1090 g/mol. The van der Waals surface area contributed by atoms with Crippen LogP contribution in [-0.4, -0.2) is 37.2 Å². The van der Waals surface area contributed by atoms with Crippen LogP contribution in [0, 0.1) is 0 Å². The molecule has 0 aliphatic rings. The van der Waals surface area contributed by atoms with Crippen LogP contribution in [0.2, 0.25) is 0 Å². The van der Waals surface area contributed by atoms with Gasteiger partial charge in [0.1, 0.15) is 13.2 Å². The molecule has 0 spiro atoms. The highest BCUT2D eigenvalue weighted by Crippen LogP contribution is 2.17. The van der Waals surface area contributed by atoms with Crippen molar-refractivity contribution >= 4 is 17.9 Å². The molecule has 0 amide bonds. The van der Waals surface area contributed by atoms with Crippen molar-refractivity contribution in [3.8, 4) is 0 Å². The van der Waals surface area contributed by atoms with Crippen LogP contribution in [0.4, 0.5) is 0 Å². The van der Waals surface area contributed by atoms with Gasteiger partial charge in [0.25, 0.3) is 0 Å². The summed E-state index contributed by atoms with van der Waals surface area (Å²) in [7, 11) is 0. The van der Waals surface area contributed by atoms with Crippen LogP contribution in [-0.2, 0) is 28.6 Å². The molecule has 0 saturated carbocycles. The van der Waals surface area contributed by atoms with E-state index < -0.39 is 6.10 Å². The Kier molecular flexibility index (Phi) is 63.2. The van der Waals surface area contributed by atoms with Crippen molar-refractivity contribution in [2.24, 2.45) is 0 Å². The summed E-state index contributed by atoms with van der Waals surface area (Å²) in [5.41, 5.74) is 0. The Morgan fingerprint density at radius 3 is 0.821 bits per heavy atom. The highest BCUT2D eigenvalue weighted by atomic mass is 16.6. The maximum absolute atomic E-state index is 12.9. The Bertz CT molecular complexity index is 1480. The molecule has 0 fully saturated rings. The standard InChI is InChI=1S/C72H126O6/c1-4-7-10-13-16-19-22-25-27-29-31-33-34-35-36-37-38-40-41-43-45-47-50-53-56-59-62-65-71(74)77-68-69(67-76-70(73)64-61-58-55-52-49-24-21-18-15-12-9-6-3)78-72(75)66-63-60-57-54-51-48-46-44-42-39-32-30-28-26-23-20-17-14-11-8-5-2/h7,10,16,18-19,21,25,27,31,33,35-36,38,40,69H,4-6,8-9,11-15,17,20,22-24,26,28-30,32,34,37,39,41-68H2,1-3H3/b10-7-,19-16-,21-18-,27-25-,33-31-,36-35-,40-38-. The number of allylic oxidation sites excluding steroid dienone is 14. The van der Waals surface area contributed by atoms with Gasteiger partial charge >= 0.3 is 17.9 Å². The molecule has 78 heavy (non-hydrogen) atoms. The molecule has 0 aromatic carbocycles. The van der Waals surface area contributed by atoms with Crippen molar-refractivity contribution in [2.75, 3.05) is 13.2 Å². The smallest absolute Gasteiger partial charge is 0.306 e. The van der Waals surface area contributed by atoms with E-state index in [2.05, 4.69) is 106 Å². The minimum atomic E-state index is -0.783. The third-order valence-corrected chi connectivity index (χ3v) is 14.6. The van der Waals surface area contributed by atoms with Crippen molar-refractivity contribution in [2.45, 2.75) is 341 Å². The van der Waals surface area contributed by atoms with Gasteiger partial charge in [0.15, 0.2) is 6.10 Å². The molecule has 0 saturated heterocycles. The number of carbonyl (C=O) groups is 3. The van der Waals surface area contributed by atoms with E-state index in [-0.39, 0.29) is 31.1 Å². The number of hydrogen-bond donors (Lipinski definition) is 0. The van der Waals surface area contributed by atoms with Crippen LogP contribution in [0.25, 0.3) is 0 Å². The Morgan fingerprint density at radius 1 is 0.269 bits per heavy atom. The zero-order valence-corrected chi connectivity index (χ0v) is 51.7. The third kappa shape index (κ3) is 63.4. The van der Waals surface area contributed by atoms with Crippen molar-refractivity contribution in [3.63, 3.8) is 0 Å². The minimum Gasteiger partial charge on any atom is -0.462 e. The summed E-state index contributed by atoms with van der Waals surface area (Å²) in [6.45, 7) is 6.53. The SMILES string of the molecule is CC/C=C\C/C=C\C/C=C\C/C=C\C/C=C\C/C=C\CCCCCCCCCCC(=O)OCC(COC(=O)CCCCCCC/C=C\CCCCC)OC(=O)CCCCCCCCCCCCCCCCCCCCCCC. The lowest BCUT2D eigenvalue weighted by Gasteiger charge is -2.18. The van der Waals surface area contributed by atoms with Gasteiger partial charge in [-0.1, -0.05) is 305 Å². The largest absolute Gasteiger partial charge is 0.462 e. The molecule has 0 aromatic rings. The Labute approximate surface area is 484 Å². The van der Waals surface area contributed by atoms with Gasteiger partial charge in [0, 0.05) is 19.3 Å². The van der Waals surface area contributed by atoms with Gasteiger partial charge in [-0.15, -0.1) is 0 Å². The van der Waals surface area contributed by atoms with Crippen LogP contribution in [0.3, 0.4) is 0 Å². The number of hydrogen-bond acceptors (Lipinski definition) is 6. The normalized spacial score (nSPS) is 12.6. The van der Waals surface area contributed by atoms with Crippen LogP contribution in [0.1, 0.15) is 335 Å². The van der Waals surface area contributed by atoms with Crippen molar-refractivity contribution < 1.29 is 28.6 Å². The van der Waals surface area contributed by atoms with Gasteiger partial charge in [0.05, 0.1) is 0 Å². The van der Waals surface area contributed by atoms with Gasteiger partial charge in [-0.3, -0.25) is 14.4 Å². The summed E-state index contributed by atoms with van der Waals surface area (Å²) < 4.78 is 16.9. The van der Waals surface area contributed by atoms with Crippen LogP contribution in [0.5, 0.6) is 0 Å². The zero-order valence-electron chi connectivity index (χ0n) is 51.7. The second-order valence-corrected chi connectivity index (χ2v) is 22.4. The maximum atomic E-state index is 12.9. The van der Waals surface area contributed by atoms with Crippen molar-refractivity contribution in [1.82, 2.24) is 0 Å². The van der Waals surface area contributed by atoms with E-state index in [1.807, 2.05) is 0 Å². The van der Waals surface area contributed by atoms with E-state index in [9.17, 15) is 14.4 Å². The lowest BCUT2D eigenvalue weighted by atomic mass is 10.0. The topological polar surface area (TPSA) is 78.9 Å². The summed E-state index contributed by atoms with van der Waals surface area (Å²) in [4.78, 5) is 38.3. The molecule has 0 aromatic heterocycles. The van der Waals surface area contributed by atoms with E-state index in [4.69, 9.17) is 14.2 Å². The van der Waals surface area contributed by atoms with E-state index in [0.717, 1.165) is 109 Å². The third-order valence-electron chi connectivity index (χ3n) is 14.6. The zero-order chi connectivity index (χ0) is 56.4. The molecule has 1 atom stereocenters. The first-order valence-electron chi connectivity index (χ1n) is 33.6. The summed E-state index contributed by atoms with van der Waals surface area (Å²) in [5.74, 6) is -0.880. The predicted octanol–water partition coefficient (Wildman–Crippen LogP) is 23.1. The molecule has 0 aliphatic carbocycles. The van der Waals surface area contributed by atoms with Crippen molar-refractivity contribution in [1.29, 1.82) is 0 Å². The predicted molar refractivity (Wildman–Crippen MR) is 339 cm³/mol. The number of unbranched alkanes of at least 4 members (excludes halogenated alkanes) is 36. The van der Waals surface area contributed by atoms with Gasteiger partial charge < -0.3 is 14.2 Å². The van der Waals surface area contributed by atoms with Gasteiger partial charge in [-0.25, -0.2) is 0 Å². The monoisotopic (exact) mass is 1090 g/mol. The van der Waals surface area contributed by atoms with Crippen LogP contribution >= 0.6 is 0 Å². The number of carbonyl (C=O) groups excluding carboxylic acids is 3. The van der Waals surface area contributed by atoms with E-state index in [1.165, 1.54) is 186 Å². The lowest BCUT2D eigenvalue weighted by Crippen LogP contribution is -2.30. The molecule has 0 N–H and O–H groups in total. The Hall–Kier alpha value is -3.41. The average Bonchev–Trinajstić information content (AvgIpc) is 3.44. The van der Waals surface area contributed by atoms with Crippen LogP contribution < -0.4 is 0 Å². The fourth-order valence-corrected chi connectivity index (χ4v) is 9.62. The van der Waals surface area contributed by atoms with Crippen molar-refractivity contribution in [3.05, 3.63) is 85.1 Å². The molecular formula is C72H126O6. The lowest BCUT2D eigenvalue weighted by molar-refractivity contribution is -0.167. The van der Waals surface area contributed by atoms with E-state index >= 15 is 0 Å². The molecule has 0 rings (SSSR count). The number of rotatable bonds is 61. The molecule has 6 heteroatoms. The molecule has 0 bridgehead atoms. The maximum Gasteiger partial charge on any atom is 0.306 e. The Balaban J connectivity index is 4.29. The molecule has 1 unspecified atom stereocenters. The van der Waals surface area contributed by atoms with Gasteiger partial charge in [-0.2, -0.15) is 0 Å². The number of esters is 3. The van der Waals surface area contributed by atoms with Gasteiger partial charge in [-0.05, 0) is 96.3 Å². The number of ether oxygens (including phenoxy) is 3. The fourth-order valence-electron chi connectivity index (χ4n) is 9.62. The molecule has 6 nitrogen and oxygen atoms in total. The Morgan fingerprint density at radius 2 is 0.500 bits per heavy atom. The summed E-state index contributed by atoms with van der Waals surface area (Å²) in [5, 5.41) is 0. The van der Waals surface area contributed by atoms with E-state index in [1.54, 1.807) is 0 Å². The molecule has 0 aliphatic heterocycles. The minimum absolute atomic E-state index is 0.0802. The highest BCUT2D eigenvalue weighted by molar-refractivity contribution is 5.71. The molecule has 0 heterocycles. The first kappa shape index (κ1) is 74.6. The summed E-state index contributed by atoms with van der Waals surface area (Å²) in [6, 6.07) is 0. The second kappa shape index (κ2) is 66.1.